The number of amides is 1. The Morgan fingerprint density at radius 1 is 1.35 bits per heavy atom. The van der Waals surface area contributed by atoms with Crippen LogP contribution in [0.15, 0.2) is 30.3 Å². The Balaban J connectivity index is 2.56. The molecule has 1 aromatic rings. The Hall–Kier alpha value is -1.95. The van der Waals surface area contributed by atoms with Crippen LogP contribution < -0.4 is 5.32 Å². The number of phenolic OH excluding ortho intramolecular Hbond substituents is 1. The van der Waals surface area contributed by atoms with Gasteiger partial charge in [0, 0.05) is 6.08 Å². The van der Waals surface area contributed by atoms with Gasteiger partial charge < -0.3 is 15.5 Å². The quantitative estimate of drug-likeness (QED) is 0.667. The molecule has 5 nitrogen and oxygen atoms in total. The second-order valence-electron chi connectivity index (χ2n) is 4.11. The minimum absolute atomic E-state index is 0.148. The van der Waals surface area contributed by atoms with Crippen molar-refractivity contribution in [3.63, 3.8) is 0 Å². The molecular weight excluding hydrogens is 278 g/mol. The van der Waals surface area contributed by atoms with Gasteiger partial charge in [-0.2, -0.15) is 11.8 Å². The second-order valence-corrected chi connectivity index (χ2v) is 5.09. The molecule has 0 unspecified atom stereocenters. The van der Waals surface area contributed by atoms with E-state index >= 15 is 0 Å². The molecule has 1 rings (SSSR count). The molecule has 0 saturated carbocycles. The molecule has 0 heterocycles. The molecule has 1 aromatic carbocycles. The number of carbonyl (C=O) groups is 2. The molecule has 6 heteroatoms. The lowest BCUT2D eigenvalue weighted by Gasteiger charge is -2.12. The summed E-state index contributed by atoms with van der Waals surface area (Å²) < 4.78 is 0. The molecule has 0 saturated heterocycles. The van der Waals surface area contributed by atoms with Gasteiger partial charge in [-0.15, -0.1) is 0 Å². The van der Waals surface area contributed by atoms with Gasteiger partial charge >= 0.3 is 5.97 Å². The number of hydrogen-bond donors (Lipinski definition) is 3. The monoisotopic (exact) mass is 295 g/mol. The fourth-order valence-electron chi connectivity index (χ4n) is 1.47. The zero-order chi connectivity index (χ0) is 15.0. The summed E-state index contributed by atoms with van der Waals surface area (Å²) in [5.74, 6) is -0.675. The summed E-state index contributed by atoms with van der Waals surface area (Å²) in [5.41, 5.74) is 0.744. The summed E-state index contributed by atoms with van der Waals surface area (Å²) in [6.45, 7) is 0. The zero-order valence-electron chi connectivity index (χ0n) is 11.1. The maximum atomic E-state index is 11.6. The van der Waals surface area contributed by atoms with Crippen LogP contribution in [0, 0.1) is 0 Å². The lowest BCUT2D eigenvalue weighted by atomic mass is 10.2. The largest absolute Gasteiger partial charge is 0.508 e. The Morgan fingerprint density at radius 2 is 2.00 bits per heavy atom. The van der Waals surface area contributed by atoms with Gasteiger partial charge in [0.15, 0.2) is 0 Å². The highest BCUT2D eigenvalue weighted by molar-refractivity contribution is 7.98. The molecule has 0 fully saturated rings. The summed E-state index contributed by atoms with van der Waals surface area (Å²) in [6, 6.07) is 5.45. The average molecular weight is 295 g/mol. The molecular formula is C14H17NO4S. The van der Waals surface area contributed by atoms with Crippen molar-refractivity contribution in [2.75, 3.05) is 12.0 Å². The normalized spacial score (nSPS) is 12.2. The number of benzene rings is 1. The van der Waals surface area contributed by atoms with Crippen LogP contribution >= 0.6 is 11.8 Å². The van der Waals surface area contributed by atoms with Crippen LogP contribution in [0.25, 0.3) is 6.08 Å². The SMILES string of the molecule is CSCC[C@H](NC(=O)/C=C/c1ccc(O)cc1)C(=O)O. The van der Waals surface area contributed by atoms with Crippen molar-refractivity contribution >= 4 is 29.7 Å². The molecule has 0 aromatic heterocycles. The third-order valence-electron chi connectivity index (χ3n) is 2.55. The molecule has 0 aliphatic carbocycles. The maximum Gasteiger partial charge on any atom is 0.326 e. The van der Waals surface area contributed by atoms with Crippen molar-refractivity contribution < 1.29 is 19.8 Å². The average Bonchev–Trinajstić information content (AvgIpc) is 2.42. The van der Waals surface area contributed by atoms with Gasteiger partial charge in [0.05, 0.1) is 0 Å². The van der Waals surface area contributed by atoms with E-state index in [1.807, 2.05) is 6.26 Å². The van der Waals surface area contributed by atoms with Crippen LogP contribution in [0.3, 0.4) is 0 Å². The smallest absolute Gasteiger partial charge is 0.326 e. The summed E-state index contributed by atoms with van der Waals surface area (Å²) in [6.07, 6.45) is 5.10. The van der Waals surface area contributed by atoms with Crippen molar-refractivity contribution in [2.24, 2.45) is 0 Å². The number of carbonyl (C=O) groups excluding carboxylic acids is 1. The molecule has 0 bridgehead atoms. The number of rotatable bonds is 7. The zero-order valence-corrected chi connectivity index (χ0v) is 11.9. The molecule has 0 aliphatic heterocycles. The summed E-state index contributed by atoms with van der Waals surface area (Å²) in [5, 5.41) is 20.6. The highest BCUT2D eigenvalue weighted by Crippen LogP contribution is 2.10. The molecule has 0 radical (unpaired) electrons. The van der Waals surface area contributed by atoms with Crippen molar-refractivity contribution in [3.8, 4) is 5.75 Å². The Morgan fingerprint density at radius 3 is 2.55 bits per heavy atom. The van der Waals surface area contributed by atoms with Crippen molar-refractivity contribution in [2.45, 2.75) is 12.5 Å². The summed E-state index contributed by atoms with van der Waals surface area (Å²) in [4.78, 5) is 22.6. The molecule has 1 amide bonds. The lowest BCUT2D eigenvalue weighted by molar-refractivity contribution is -0.141. The summed E-state index contributed by atoms with van der Waals surface area (Å²) >= 11 is 1.53. The van der Waals surface area contributed by atoms with E-state index in [-0.39, 0.29) is 5.75 Å². The van der Waals surface area contributed by atoms with Crippen LogP contribution in [0.5, 0.6) is 5.75 Å². The van der Waals surface area contributed by atoms with Crippen LogP contribution in [0.2, 0.25) is 0 Å². The first kappa shape index (κ1) is 16.1. The third kappa shape index (κ3) is 5.79. The van der Waals surface area contributed by atoms with Crippen LogP contribution in [-0.2, 0) is 9.59 Å². The minimum Gasteiger partial charge on any atom is -0.508 e. The number of hydrogen-bond acceptors (Lipinski definition) is 4. The number of nitrogens with one attached hydrogen (secondary N) is 1. The van der Waals surface area contributed by atoms with E-state index in [1.165, 1.54) is 30.0 Å². The van der Waals surface area contributed by atoms with E-state index in [0.717, 1.165) is 5.56 Å². The van der Waals surface area contributed by atoms with Crippen molar-refractivity contribution in [1.82, 2.24) is 5.32 Å². The van der Waals surface area contributed by atoms with Gasteiger partial charge in [0.2, 0.25) is 5.91 Å². The number of thioether (sulfide) groups is 1. The van der Waals surface area contributed by atoms with Crippen molar-refractivity contribution in [3.05, 3.63) is 35.9 Å². The Labute approximate surface area is 121 Å². The van der Waals surface area contributed by atoms with Gasteiger partial charge in [-0.3, -0.25) is 4.79 Å². The first-order chi connectivity index (χ1) is 9.52. The number of phenols is 1. The second kappa shape index (κ2) is 8.27. The minimum atomic E-state index is -1.04. The van der Waals surface area contributed by atoms with Gasteiger partial charge in [-0.05, 0) is 42.2 Å². The van der Waals surface area contributed by atoms with Crippen LogP contribution in [0.1, 0.15) is 12.0 Å². The van der Waals surface area contributed by atoms with Crippen LogP contribution in [0.4, 0.5) is 0 Å². The van der Waals surface area contributed by atoms with Gasteiger partial charge in [-0.25, -0.2) is 4.79 Å². The van der Waals surface area contributed by atoms with E-state index in [4.69, 9.17) is 10.2 Å². The van der Waals surface area contributed by atoms with Gasteiger partial charge in [0.25, 0.3) is 0 Å². The molecule has 3 N–H and O–H groups in total. The van der Waals surface area contributed by atoms with E-state index in [0.29, 0.717) is 12.2 Å². The van der Waals surface area contributed by atoms with Crippen LogP contribution in [-0.4, -0.2) is 40.1 Å². The molecule has 1 atom stereocenters. The van der Waals surface area contributed by atoms with Gasteiger partial charge in [-0.1, -0.05) is 12.1 Å². The van der Waals surface area contributed by atoms with E-state index in [9.17, 15) is 9.59 Å². The number of carboxylic acids is 1. The van der Waals surface area contributed by atoms with E-state index in [2.05, 4.69) is 5.32 Å². The highest BCUT2D eigenvalue weighted by Gasteiger charge is 2.17. The molecule has 108 valence electrons. The van der Waals surface area contributed by atoms with E-state index < -0.39 is 17.9 Å². The van der Waals surface area contributed by atoms with Gasteiger partial charge in [0.1, 0.15) is 11.8 Å². The first-order valence-electron chi connectivity index (χ1n) is 6.02. The number of aliphatic carboxylic acids is 1. The maximum absolute atomic E-state index is 11.6. The highest BCUT2D eigenvalue weighted by atomic mass is 32.2. The first-order valence-corrected chi connectivity index (χ1v) is 7.41. The topological polar surface area (TPSA) is 86.6 Å². The number of carboxylic acid groups (broad SMARTS) is 1. The number of aromatic hydroxyl groups is 1. The third-order valence-corrected chi connectivity index (χ3v) is 3.19. The Kier molecular flexibility index (Phi) is 6.66. The molecule has 0 aliphatic rings. The molecule has 20 heavy (non-hydrogen) atoms. The van der Waals surface area contributed by atoms with E-state index in [1.54, 1.807) is 18.2 Å². The standard InChI is InChI=1S/C14H17NO4S/c1-20-9-8-12(14(18)19)15-13(17)7-4-10-2-5-11(16)6-3-10/h2-7,12,16H,8-9H2,1H3,(H,15,17)(H,18,19)/b7-4+/t12-/m0/s1. The fraction of sp³-hybridized carbons (Fsp3) is 0.286. The predicted molar refractivity (Wildman–Crippen MR) is 79.7 cm³/mol. The summed E-state index contributed by atoms with van der Waals surface area (Å²) in [7, 11) is 0. The fourth-order valence-corrected chi connectivity index (χ4v) is 1.94. The van der Waals surface area contributed by atoms with Crippen molar-refractivity contribution in [1.29, 1.82) is 0 Å². The Bertz CT molecular complexity index is 484. The predicted octanol–water partition coefficient (Wildman–Crippen LogP) is 1.73. The molecule has 0 spiro atoms. The lowest BCUT2D eigenvalue weighted by Crippen LogP contribution is -2.40.